The molecule has 72 heavy (non-hydrogen) atoms. The van der Waals surface area contributed by atoms with E-state index in [0.717, 1.165) is 13.1 Å². The molecule has 2 saturated heterocycles. The fourth-order valence-electron chi connectivity index (χ4n) is 26.0. The highest BCUT2D eigenvalue weighted by Gasteiger charge is 2.90. The lowest BCUT2D eigenvalue weighted by Gasteiger charge is -2.53. The topological polar surface area (TPSA) is 34.2 Å². The van der Waals surface area contributed by atoms with Gasteiger partial charge in [-0.15, -0.1) is 0 Å². The Morgan fingerprint density at radius 2 is 0.653 bits per heavy atom. The highest BCUT2D eigenvalue weighted by molar-refractivity contribution is 6.79. The highest BCUT2D eigenvalue weighted by atomic mass is 17.2. The third-order valence-electron chi connectivity index (χ3n) is 26.1. The Bertz CT molecular complexity index is 7220. The maximum Gasteiger partial charge on any atom is 0.181 e. The number of rotatable bonds is 3. The van der Waals surface area contributed by atoms with E-state index in [4.69, 9.17) is 14.5 Å². The number of likely N-dealkylation sites (tertiary alicyclic amines) is 1. The van der Waals surface area contributed by atoms with Gasteiger partial charge < -0.3 is 4.74 Å². The first-order valence-corrected chi connectivity index (χ1v) is 27.3. The first kappa shape index (κ1) is 28.0. The van der Waals surface area contributed by atoms with Crippen molar-refractivity contribution in [3.63, 3.8) is 0 Å². The van der Waals surface area contributed by atoms with E-state index in [1.165, 1.54) is 56.8 Å². The van der Waals surface area contributed by atoms with E-state index in [0.29, 0.717) is 0 Å². The summed E-state index contributed by atoms with van der Waals surface area (Å²) in [6.07, 6.45) is 2.47. The summed E-state index contributed by atoms with van der Waals surface area (Å²) in [6.45, 7) is 8.84. The minimum atomic E-state index is -0.987. The first-order chi connectivity index (χ1) is 35.5. The molecule has 4 nitrogen and oxygen atoms in total. The van der Waals surface area contributed by atoms with Gasteiger partial charge in [0.15, 0.2) is 16.8 Å². The van der Waals surface area contributed by atoms with E-state index in [2.05, 4.69) is 25.7 Å². The van der Waals surface area contributed by atoms with Crippen LogP contribution in [0.5, 0.6) is 0 Å². The van der Waals surface area contributed by atoms with Crippen molar-refractivity contribution < 1.29 is 14.5 Å². The van der Waals surface area contributed by atoms with Gasteiger partial charge in [0, 0.05) is 33.4 Å². The van der Waals surface area contributed by atoms with Gasteiger partial charge in [0.05, 0.1) is 5.60 Å². The second-order valence-electron chi connectivity index (χ2n) is 27.8. The Morgan fingerprint density at radius 1 is 0.333 bits per heavy atom. The maximum absolute atomic E-state index is 8.62. The van der Waals surface area contributed by atoms with E-state index in [9.17, 15) is 0 Å². The molecule has 0 radical (unpaired) electrons. The SMILES string of the molecule is CC(C)(C)OO[C@]12C3=C4c5c6c7c8c9c%10c%11c(c1c1c%12c2c2c%13c%14c(c%15c5c5c7c7c8c8c%10c%10c%16c%11c1c1c%11c%12c%13c%12c%13c%14c%14c%15c5c5c7c7c8c%10c8c(c1%16)c(c%11%12)c1c%13c%14c5c7c18)[C@@]42N1CCCC1)[C@]91O[C@]361. The van der Waals surface area contributed by atoms with Crippen LogP contribution in [0.3, 0.4) is 0 Å². The lowest BCUT2D eigenvalue weighted by molar-refractivity contribution is -0.392. The standard InChI is InChI=1S/C68H17NO3/c1-64(2,3)71-72-66-59-51-41-27-22-12-10-8-9-14-18-21-15(9)20-17-11(8)13(12)23-28(27)42-43-29(23)25(17)37-32(20)38-33(21)39-34-30(18)35-31-19(14)16(10)24-26(22)40(41)50-46(36(24)31)55-45(35)44(34)54-57-48(39)47(38)56-49(37)53(43)61(60(66)52(42)51)67(56)68(57,70-67)63(66)62(54)65(55,58(50)59)69-6-4-5-7-69/h4-7H2,1-3H3/t65-,66-,67+,68-/m0/s1. The third kappa shape index (κ3) is 1.47. The minimum absolute atomic E-state index is 0.471. The average Bonchev–Trinajstić information content (AvgIpc) is 4.33. The molecule has 4 atom stereocenters. The molecule has 24 aromatic carbocycles. The van der Waals surface area contributed by atoms with Crippen LogP contribution >= 0.6 is 0 Å². The van der Waals surface area contributed by atoms with Gasteiger partial charge in [-0.25, -0.2) is 9.78 Å². The zero-order chi connectivity index (χ0) is 43.4. The van der Waals surface area contributed by atoms with Crippen molar-refractivity contribution in [1.82, 2.24) is 4.90 Å². The van der Waals surface area contributed by atoms with E-state index < -0.39 is 27.9 Å². The van der Waals surface area contributed by atoms with E-state index in [1.54, 1.807) is 259 Å². The van der Waals surface area contributed by atoms with Crippen molar-refractivity contribution in [2.24, 2.45) is 0 Å². The molecule has 0 unspecified atom stereocenters. The zero-order valence-corrected chi connectivity index (χ0v) is 38.0. The van der Waals surface area contributed by atoms with Crippen LogP contribution in [0.15, 0.2) is 5.57 Å². The normalized spacial score (nSPS) is 28.7. The summed E-state index contributed by atoms with van der Waals surface area (Å²) in [5, 5.41) is 73.7. The van der Waals surface area contributed by atoms with Crippen LogP contribution in [0.1, 0.15) is 78.1 Å². The van der Waals surface area contributed by atoms with Gasteiger partial charge >= 0.3 is 0 Å². The van der Waals surface area contributed by atoms with Crippen LogP contribution in [0.2, 0.25) is 0 Å². The lowest BCUT2D eigenvalue weighted by atomic mass is 9.56. The van der Waals surface area contributed by atoms with E-state index in [-0.39, 0.29) is 0 Å². The Kier molecular flexibility index (Phi) is 2.40. The number of benzene rings is 16. The number of ether oxygens (including phenoxy) is 1. The first-order valence-electron chi connectivity index (χ1n) is 27.3. The number of hydrogen-bond acceptors (Lipinski definition) is 4. The average molecular weight is 896 g/mol. The molecule has 0 aromatic heterocycles. The molecule has 2 heterocycles. The molecule has 312 valence electrons. The van der Waals surface area contributed by atoms with Crippen molar-refractivity contribution in [3.8, 4) is 0 Å². The number of nitrogens with zero attached hydrogens (tertiary/aromatic N) is 1. The van der Waals surface area contributed by atoms with Gasteiger partial charge in [0.25, 0.3) is 0 Å². The van der Waals surface area contributed by atoms with E-state index >= 15 is 0 Å². The third-order valence-corrected chi connectivity index (χ3v) is 26.1. The van der Waals surface area contributed by atoms with Crippen LogP contribution in [-0.4, -0.2) is 23.6 Å². The van der Waals surface area contributed by atoms with Crippen molar-refractivity contribution >= 4 is 253 Å². The van der Waals surface area contributed by atoms with Crippen LogP contribution in [0.4, 0.5) is 0 Å². The molecular weight excluding hydrogens is 879 g/mol. The summed E-state index contributed by atoms with van der Waals surface area (Å²) in [5.41, 5.74) is 11.9. The quantitative estimate of drug-likeness (QED) is 0.0766. The summed E-state index contributed by atoms with van der Waals surface area (Å²) in [7, 11) is 0. The molecule has 0 saturated carbocycles. The number of epoxide rings is 1. The van der Waals surface area contributed by atoms with Gasteiger partial charge in [-0.2, -0.15) is 0 Å². The molecule has 4 heteroatoms. The molecule has 0 N–H and O–H groups in total. The van der Waals surface area contributed by atoms with Crippen molar-refractivity contribution in [2.45, 2.75) is 61.6 Å². The minimum Gasteiger partial charge on any atom is -0.342 e. The van der Waals surface area contributed by atoms with Crippen molar-refractivity contribution in [3.05, 3.63) is 50.1 Å². The Labute approximate surface area is 395 Å². The van der Waals surface area contributed by atoms with Crippen LogP contribution in [0, 0.1) is 0 Å². The lowest BCUT2D eigenvalue weighted by Crippen LogP contribution is -2.54. The summed E-state index contributed by atoms with van der Waals surface area (Å²) in [5.74, 6) is 0. The Morgan fingerprint density at radius 3 is 1.08 bits per heavy atom. The second-order valence-corrected chi connectivity index (χ2v) is 27.8. The second kappa shape index (κ2) is 6.18. The predicted molar refractivity (Wildman–Crippen MR) is 290 cm³/mol. The van der Waals surface area contributed by atoms with Gasteiger partial charge in [-0.05, 0) is 317 Å². The molecule has 2 fully saturated rings. The smallest absolute Gasteiger partial charge is 0.181 e. The summed E-state index contributed by atoms with van der Waals surface area (Å²) in [4.78, 5) is 18.5. The summed E-state index contributed by atoms with van der Waals surface area (Å²) in [6, 6.07) is 0. The Hall–Kier alpha value is -7.44. The fraction of sp³-hybridized carbons (Fsp3) is 0.176. The molecule has 0 amide bonds. The zero-order valence-electron chi connectivity index (χ0n) is 38.0. The maximum atomic E-state index is 8.62. The summed E-state index contributed by atoms with van der Waals surface area (Å²) >= 11 is 0. The summed E-state index contributed by atoms with van der Waals surface area (Å²) < 4.78 is 8.62. The van der Waals surface area contributed by atoms with E-state index in [1.807, 2.05) is 0 Å². The van der Waals surface area contributed by atoms with Gasteiger partial charge in [0.2, 0.25) is 0 Å². The van der Waals surface area contributed by atoms with Gasteiger partial charge in [-0.3, -0.25) is 4.90 Å². The highest BCUT2D eigenvalue weighted by Crippen LogP contribution is 2.94. The molecule has 34 rings (SSSR count). The molecular formula is C68H17NO3. The van der Waals surface area contributed by atoms with Crippen LogP contribution in [-0.2, 0) is 36.9 Å². The largest absolute Gasteiger partial charge is 0.342 e. The molecule has 2 aliphatic heterocycles. The fourth-order valence-corrected chi connectivity index (χ4v) is 26.0. The number of hydrogen-bond donors (Lipinski definition) is 0. The van der Waals surface area contributed by atoms with Gasteiger partial charge in [-0.1, -0.05) is 0 Å². The molecule has 10 aliphatic rings. The monoisotopic (exact) mass is 895 g/mol. The Balaban J connectivity index is 1.15. The predicted octanol–water partition coefficient (Wildman–Crippen LogP) is 16.4. The van der Waals surface area contributed by atoms with Crippen molar-refractivity contribution in [1.29, 1.82) is 0 Å². The molecule has 24 aromatic rings. The van der Waals surface area contributed by atoms with Crippen LogP contribution in [0.25, 0.3) is 253 Å². The molecule has 0 bridgehead atoms. The molecule has 8 aliphatic carbocycles. The molecule has 2 spiro atoms. The van der Waals surface area contributed by atoms with Gasteiger partial charge in [0.1, 0.15) is 5.54 Å². The van der Waals surface area contributed by atoms with Crippen molar-refractivity contribution in [2.75, 3.05) is 13.1 Å². The van der Waals surface area contributed by atoms with Crippen LogP contribution < -0.4 is 0 Å².